The van der Waals surface area contributed by atoms with Crippen LogP contribution in [0.3, 0.4) is 0 Å². The number of nitro groups is 1. The number of allylic oxidation sites excluding steroid dienone is 1. The number of rotatable bonds is 6. The van der Waals surface area contributed by atoms with Gasteiger partial charge in [-0.15, -0.1) is 0 Å². The molecule has 2 rings (SSSR count). The third-order valence-electron chi connectivity index (χ3n) is 2.90. The summed E-state index contributed by atoms with van der Waals surface area (Å²) in [6.07, 6.45) is 4.60. The fourth-order valence-electron chi connectivity index (χ4n) is 1.78. The van der Waals surface area contributed by atoms with E-state index < -0.39 is 10.9 Å². The summed E-state index contributed by atoms with van der Waals surface area (Å²) in [5.41, 5.74) is 4.05. The number of hydrazone groups is 1. The highest BCUT2D eigenvalue weighted by Gasteiger charge is 2.08. The molecule has 0 atom stereocenters. The highest BCUT2D eigenvalue weighted by molar-refractivity contribution is 5.88. The minimum atomic E-state index is -0.993. The molecule has 0 fully saturated rings. The fourth-order valence-corrected chi connectivity index (χ4v) is 1.78. The molecule has 0 amide bonds. The Balaban J connectivity index is 1.97. The van der Waals surface area contributed by atoms with Crippen molar-refractivity contribution < 1.29 is 14.8 Å². The first-order valence-corrected chi connectivity index (χ1v) is 6.60. The lowest BCUT2D eigenvalue weighted by Gasteiger charge is -1.99. The summed E-state index contributed by atoms with van der Waals surface area (Å²) in [5.74, 6) is -0.993. The number of aromatic carboxylic acids is 1. The van der Waals surface area contributed by atoms with Crippen LogP contribution in [0.5, 0.6) is 0 Å². The highest BCUT2D eigenvalue weighted by atomic mass is 16.6. The Morgan fingerprint density at radius 2 is 1.87 bits per heavy atom. The van der Waals surface area contributed by atoms with Crippen molar-refractivity contribution in [3.63, 3.8) is 0 Å². The van der Waals surface area contributed by atoms with Gasteiger partial charge in [-0.3, -0.25) is 15.5 Å². The molecule has 0 aliphatic heterocycles. The first kappa shape index (κ1) is 15.9. The molecule has 2 N–H and O–H groups in total. The summed E-state index contributed by atoms with van der Waals surface area (Å²) < 4.78 is 0. The molecule has 0 aromatic heterocycles. The van der Waals surface area contributed by atoms with Crippen LogP contribution in [0.4, 0.5) is 11.4 Å². The number of carbonyl (C=O) groups is 1. The number of hydrogen-bond donors (Lipinski definition) is 2. The van der Waals surface area contributed by atoms with Crippen molar-refractivity contribution in [2.75, 3.05) is 5.43 Å². The van der Waals surface area contributed by atoms with Crippen LogP contribution in [-0.2, 0) is 0 Å². The molecule has 0 saturated carbocycles. The molecule has 0 heterocycles. The molecule has 0 unspecified atom stereocenters. The van der Waals surface area contributed by atoms with Crippen LogP contribution < -0.4 is 5.43 Å². The van der Waals surface area contributed by atoms with Crippen LogP contribution in [0, 0.1) is 10.1 Å². The fraction of sp³-hybridized carbons (Fsp3) is 0. The van der Waals surface area contributed by atoms with Crippen molar-refractivity contribution in [1.29, 1.82) is 0 Å². The van der Waals surface area contributed by atoms with Gasteiger partial charge in [-0.05, 0) is 42.5 Å². The normalized spacial score (nSPS) is 11.0. The molecule has 7 heteroatoms. The molecular formula is C16H13N3O4. The van der Waals surface area contributed by atoms with Crippen LogP contribution in [0.25, 0.3) is 6.08 Å². The zero-order chi connectivity index (χ0) is 16.7. The van der Waals surface area contributed by atoms with E-state index >= 15 is 0 Å². The number of nitrogens with one attached hydrogen (secondary N) is 1. The van der Waals surface area contributed by atoms with Crippen LogP contribution in [0.2, 0.25) is 0 Å². The summed E-state index contributed by atoms with van der Waals surface area (Å²) >= 11 is 0. The Morgan fingerprint density at radius 1 is 1.17 bits per heavy atom. The summed E-state index contributed by atoms with van der Waals surface area (Å²) in [6, 6.07) is 12.5. The summed E-state index contributed by atoms with van der Waals surface area (Å²) in [7, 11) is 0. The highest BCUT2D eigenvalue weighted by Crippen LogP contribution is 2.18. The SMILES string of the molecule is O=C(O)c1ccc(NN=CC=Cc2ccccc2[N+](=O)[O-])cc1. The van der Waals surface area contributed by atoms with Gasteiger partial charge < -0.3 is 5.11 Å². The third kappa shape index (κ3) is 4.50. The molecule has 0 aliphatic carbocycles. The molecule has 23 heavy (non-hydrogen) atoms. The topological polar surface area (TPSA) is 105 Å². The maximum Gasteiger partial charge on any atom is 0.335 e. The zero-order valence-corrected chi connectivity index (χ0v) is 11.9. The number of nitrogens with zero attached hydrogens (tertiary/aromatic N) is 2. The predicted molar refractivity (Wildman–Crippen MR) is 87.6 cm³/mol. The van der Waals surface area contributed by atoms with Gasteiger partial charge in [0.15, 0.2) is 0 Å². The average molecular weight is 311 g/mol. The lowest BCUT2D eigenvalue weighted by Crippen LogP contribution is -1.96. The van der Waals surface area contributed by atoms with E-state index in [4.69, 9.17) is 5.11 Å². The van der Waals surface area contributed by atoms with Crippen LogP contribution >= 0.6 is 0 Å². The Bertz CT molecular complexity index is 767. The number of hydrogen-bond acceptors (Lipinski definition) is 5. The maximum absolute atomic E-state index is 10.9. The van der Waals surface area contributed by atoms with Gasteiger partial charge in [0.05, 0.1) is 21.7 Å². The van der Waals surface area contributed by atoms with Crippen molar-refractivity contribution >= 4 is 29.6 Å². The van der Waals surface area contributed by atoms with Crippen molar-refractivity contribution in [2.45, 2.75) is 0 Å². The van der Waals surface area contributed by atoms with E-state index in [1.54, 1.807) is 42.5 Å². The molecule has 0 spiro atoms. The van der Waals surface area contributed by atoms with E-state index in [1.807, 2.05) is 0 Å². The van der Waals surface area contributed by atoms with Crippen LogP contribution in [-0.4, -0.2) is 22.2 Å². The van der Waals surface area contributed by atoms with Crippen molar-refractivity contribution in [2.24, 2.45) is 5.10 Å². The van der Waals surface area contributed by atoms with E-state index in [0.29, 0.717) is 11.3 Å². The number of para-hydroxylation sites is 1. The molecule has 116 valence electrons. The molecule has 0 saturated heterocycles. The molecule has 0 aliphatic rings. The largest absolute Gasteiger partial charge is 0.478 e. The molecule has 0 radical (unpaired) electrons. The second-order valence-electron chi connectivity index (χ2n) is 4.45. The van der Waals surface area contributed by atoms with Gasteiger partial charge >= 0.3 is 5.97 Å². The van der Waals surface area contributed by atoms with Gasteiger partial charge in [0.2, 0.25) is 0 Å². The first-order chi connectivity index (χ1) is 11.1. The van der Waals surface area contributed by atoms with Crippen molar-refractivity contribution in [3.8, 4) is 0 Å². The predicted octanol–water partition coefficient (Wildman–Crippen LogP) is 3.40. The monoisotopic (exact) mass is 311 g/mol. The molecular weight excluding hydrogens is 298 g/mol. The van der Waals surface area contributed by atoms with Gasteiger partial charge in [0.25, 0.3) is 5.69 Å². The van der Waals surface area contributed by atoms with Gasteiger partial charge in [-0.2, -0.15) is 5.10 Å². The van der Waals surface area contributed by atoms with E-state index in [9.17, 15) is 14.9 Å². The smallest absolute Gasteiger partial charge is 0.335 e. The van der Waals surface area contributed by atoms with Crippen LogP contribution in [0.15, 0.2) is 59.7 Å². The maximum atomic E-state index is 10.9. The molecule has 2 aromatic carbocycles. The molecule has 7 nitrogen and oxygen atoms in total. The number of carboxylic acids is 1. The van der Waals surface area contributed by atoms with E-state index in [-0.39, 0.29) is 11.3 Å². The number of anilines is 1. The Hall–Kier alpha value is -3.48. The Morgan fingerprint density at radius 3 is 2.52 bits per heavy atom. The summed E-state index contributed by atoms with van der Waals surface area (Å²) in [6.45, 7) is 0. The lowest BCUT2D eigenvalue weighted by molar-refractivity contribution is -0.385. The third-order valence-corrected chi connectivity index (χ3v) is 2.90. The minimum absolute atomic E-state index is 0.0226. The van der Waals surface area contributed by atoms with E-state index in [1.165, 1.54) is 24.4 Å². The zero-order valence-electron chi connectivity index (χ0n) is 11.9. The number of nitro benzene ring substituents is 1. The number of carboxylic acid groups (broad SMARTS) is 1. The van der Waals surface area contributed by atoms with Gasteiger partial charge in [-0.25, -0.2) is 4.79 Å². The number of benzene rings is 2. The minimum Gasteiger partial charge on any atom is -0.478 e. The quantitative estimate of drug-likeness (QED) is 0.483. The first-order valence-electron chi connectivity index (χ1n) is 6.60. The van der Waals surface area contributed by atoms with E-state index in [0.717, 1.165) is 0 Å². The Labute approximate surface area is 131 Å². The van der Waals surface area contributed by atoms with Crippen molar-refractivity contribution in [1.82, 2.24) is 0 Å². The summed E-state index contributed by atoms with van der Waals surface area (Å²) in [4.78, 5) is 21.1. The van der Waals surface area contributed by atoms with Crippen LogP contribution in [0.1, 0.15) is 15.9 Å². The standard InChI is InChI=1S/C16H13N3O4/c20-16(21)13-7-9-14(10-8-13)18-17-11-3-5-12-4-1-2-6-15(12)19(22)23/h1-11,18H,(H,20,21). The van der Waals surface area contributed by atoms with Crippen molar-refractivity contribution in [3.05, 3.63) is 75.8 Å². The van der Waals surface area contributed by atoms with E-state index in [2.05, 4.69) is 10.5 Å². The molecule has 0 bridgehead atoms. The molecule has 2 aromatic rings. The summed E-state index contributed by atoms with van der Waals surface area (Å²) in [5, 5.41) is 23.6. The van der Waals surface area contributed by atoms with Gasteiger partial charge in [-0.1, -0.05) is 12.1 Å². The lowest BCUT2D eigenvalue weighted by atomic mass is 10.2. The van der Waals surface area contributed by atoms with Gasteiger partial charge in [0, 0.05) is 12.3 Å². The van der Waals surface area contributed by atoms with Gasteiger partial charge in [0.1, 0.15) is 0 Å². The Kier molecular flexibility index (Phi) is 5.19. The average Bonchev–Trinajstić information content (AvgIpc) is 2.55. The second-order valence-corrected chi connectivity index (χ2v) is 4.45. The second kappa shape index (κ2) is 7.51.